The van der Waals surface area contributed by atoms with Crippen molar-refractivity contribution in [2.75, 3.05) is 0 Å². The van der Waals surface area contributed by atoms with Crippen LogP contribution in [0.15, 0.2) is 5.38 Å². The first-order chi connectivity index (χ1) is 7.09. The van der Waals surface area contributed by atoms with Gasteiger partial charge in [-0.15, -0.1) is 11.3 Å². The van der Waals surface area contributed by atoms with Crippen LogP contribution in [0.4, 0.5) is 0 Å². The van der Waals surface area contributed by atoms with E-state index in [1.165, 1.54) is 16.7 Å². The third-order valence-corrected chi connectivity index (χ3v) is 3.47. The van der Waals surface area contributed by atoms with E-state index in [0.717, 1.165) is 12.8 Å². The van der Waals surface area contributed by atoms with Crippen molar-refractivity contribution < 1.29 is 14.7 Å². The molecule has 1 heterocycles. The van der Waals surface area contributed by atoms with Crippen LogP contribution in [0.3, 0.4) is 0 Å². The van der Waals surface area contributed by atoms with Gasteiger partial charge in [-0.25, -0.2) is 4.79 Å². The minimum Gasteiger partial charge on any atom is -0.478 e. The molecule has 5 heteroatoms. The van der Waals surface area contributed by atoms with Gasteiger partial charge in [-0.05, 0) is 25.3 Å². The van der Waals surface area contributed by atoms with Gasteiger partial charge in [0.05, 0.1) is 10.4 Å². The number of aromatic carboxylic acids is 1. The number of amides is 1. The highest BCUT2D eigenvalue weighted by Crippen LogP contribution is 2.24. The summed E-state index contributed by atoms with van der Waals surface area (Å²) in [5.41, 5.74) is 0.784. The minimum absolute atomic E-state index is 0.146. The highest BCUT2D eigenvalue weighted by Gasteiger charge is 2.26. The van der Waals surface area contributed by atoms with Crippen LogP contribution < -0.4 is 5.32 Å². The molecule has 0 aromatic carbocycles. The van der Waals surface area contributed by atoms with Gasteiger partial charge in [0.1, 0.15) is 0 Å². The third kappa shape index (κ3) is 2.02. The molecule has 0 spiro atoms. The molecule has 1 aliphatic rings. The van der Waals surface area contributed by atoms with Crippen LogP contribution in [0.2, 0.25) is 0 Å². The molecule has 0 saturated heterocycles. The first-order valence-electron chi connectivity index (χ1n) is 4.72. The van der Waals surface area contributed by atoms with Crippen molar-refractivity contribution in [3.63, 3.8) is 0 Å². The molecule has 0 aliphatic heterocycles. The van der Waals surface area contributed by atoms with Crippen molar-refractivity contribution in [3.8, 4) is 0 Å². The predicted molar refractivity (Wildman–Crippen MR) is 56.5 cm³/mol. The van der Waals surface area contributed by atoms with Gasteiger partial charge < -0.3 is 10.4 Å². The maximum Gasteiger partial charge on any atom is 0.336 e. The molecule has 0 atom stereocenters. The summed E-state index contributed by atoms with van der Waals surface area (Å²) < 4.78 is 0. The first kappa shape index (κ1) is 10.2. The Hall–Kier alpha value is -1.36. The molecule has 1 aliphatic carbocycles. The summed E-state index contributed by atoms with van der Waals surface area (Å²) in [4.78, 5) is 22.9. The van der Waals surface area contributed by atoms with Crippen LogP contribution in [0.5, 0.6) is 0 Å². The van der Waals surface area contributed by atoms with Crippen molar-refractivity contribution in [2.24, 2.45) is 0 Å². The average Bonchev–Trinajstić information content (AvgIpc) is 2.86. The smallest absolute Gasteiger partial charge is 0.336 e. The molecule has 1 saturated carbocycles. The molecular weight excluding hydrogens is 214 g/mol. The zero-order valence-corrected chi connectivity index (χ0v) is 9.06. The molecule has 80 valence electrons. The first-order valence-corrected chi connectivity index (χ1v) is 5.60. The molecule has 0 bridgehead atoms. The van der Waals surface area contributed by atoms with Crippen LogP contribution in [0.1, 0.15) is 38.4 Å². The van der Waals surface area contributed by atoms with E-state index in [-0.39, 0.29) is 11.5 Å². The number of carboxylic acids is 1. The Morgan fingerprint density at radius 2 is 2.20 bits per heavy atom. The SMILES string of the molecule is Cc1c(C(=O)O)csc1C(=O)NC1CC1. The van der Waals surface area contributed by atoms with E-state index in [0.29, 0.717) is 16.5 Å². The molecule has 2 rings (SSSR count). The van der Waals surface area contributed by atoms with Crippen molar-refractivity contribution in [3.05, 3.63) is 21.4 Å². The van der Waals surface area contributed by atoms with Crippen molar-refractivity contribution >= 4 is 23.2 Å². The largest absolute Gasteiger partial charge is 0.478 e. The lowest BCUT2D eigenvalue weighted by Gasteiger charge is -2.01. The summed E-state index contributed by atoms with van der Waals surface area (Å²) in [6.07, 6.45) is 2.06. The molecule has 1 aromatic rings. The summed E-state index contributed by atoms with van der Waals surface area (Å²) in [6.45, 7) is 1.67. The van der Waals surface area contributed by atoms with Crippen LogP contribution in [0.25, 0.3) is 0 Å². The Labute approximate surface area is 90.9 Å². The number of rotatable bonds is 3. The van der Waals surface area contributed by atoms with E-state index < -0.39 is 5.97 Å². The number of carbonyl (C=O) groups excluding carboxylic acids is 1. The second-order valence-electron chi connectivity index (χ2n) is 3.66. The van der Waals surface area contributed by atoms with Gasteiger partial charge in [-0.1, -0.05) is 0 Å². The van der Waals surface area contributed by atoms with Crippen LogP contribution in [-0.4, -0.2) is 23.0 Å². The fraction of sp³-hybridized carbons (Fsp3) is 0.400. The van der Waals surface area contributed by atoms with Crippen LogP contribution >= 0.6 is 11.3 Å². The van der Waals surface area contributed by atoms with Gasteiger partial charge in [-0.2, -0.15) is 0 Å². The maximum atomic E-state index is 11.7. The summed E-state index contributed by atoms with van der Waals surface area (Å²) in [7, 11) is 0. The molecule has 0 radical (unpaired) electrons. The summed E-state index contributed by atoms with van der Waals surface area (Å²) in [5.74, 6) is -1.12. The van der Waals surface area contributed by atoms with E-state index in [2.05, 4.69) is 5.32 Å². The Morgan fingerprint density at radius 3 is 2.67 bits per heavy atom. The van der Waals surface area contributed by atoms with E-state index >= 15 is 0 Å². The van der Waals surface area contributed by atoms with Gasteiger partial charge in [0.15, 0.2) is 0 Å². The topological polar surface area (TPSA) is 66.4 Å². The number of carboxylic acid groups (broad SMARTS) is 1. The van der Waals surface area contributed by atoms with Gasteiger partial charge in [0.25, 0.3) is 5.91 Å². The fourth-order valence-electron chi connectivity index (χ4n) is 1.33. The Morgan fingerprint density at radius 1 is 1.53 bits per heavy atom. The van der Waals surface area contributed by atoms with E-state index in [9.17, 15) is 9.59 Å². The molecule has 15 heavy (non-hydrogen) atoms. The molecular formula is C10H11NO3S. The molecule has 1 fully saturated rings. The van der Waals surface area contributed by atoms with Crippen LogP contribution in [-0.2, 0) is 0 Å². The van der Waals surface area contributed by atoms with Gasteiger partial charge >= 0.3 is 5.97 Å². The van der Waals surface area contributed by atoms with Gasteiger partial charge in [0, 0.05) is 11.4 Å². The van der Waals surface area contributed by atoms with Crippen LogP contribution in [0, 0.1) is 6.92 Å². The lowest BCUT2D eigenvalue weighted by atomic mass is 10.1. The molecule has 2 N–H and O–H groups in total. The number of hydrogen-bond donors (Lipinski definition) is 2. The highest BCUT2D eigenvalue weighted by atomic mass is 32.1. The number of hydrogen-bond acceptors (Lipinski definition) is 3. The van der Waals surface area contributed by atoms with E-state index in [1.54, 1.807) is 6.92 Å². The molecule has 1 amide bonds. The lowest BCUT2D eigenvalue weighted by Crippen LogP contribution is -2.25. The van der Waals surface area contributed by atoms with Crippen molar-refractivity contribution in [2.45, 2.75) is 25.8 Å². The molecule has 0 unspecified atom stereocenters. The molecule has 4 nitrogen and oxygen atoms in total. The summed E-state index contributed by atoms with van der Waals surface area (Å²) >= 11 is 1.19. The maximum absolute atomic E-state index is 11.7. The van der Waals surface area contributed by atoms with E-state index in [1.807, 2.05) is 0 Å². The zero-order chi connectivity index (χ0) is 11.0. The van der Waals surface area contributed by atoms with Gasteiger partial charge in [-0.3, -0.25) is 4.79 Å². The second kappa shape index (κ2) is 3.66. The highest BCUT2D eigenvalue weighted by molar-refractivity contribution is 7.12. The normalized spacial score (nSPS) is 15.0. The quantitative estimate of drug-likeness (QED) is 0.822. The minimum atomic E-state index is -0.978. The number of carbonyl (C=O) groups is 2. The summed E-state index contributed by atoms with van der Waals surface area (Å²) in [5, 5.41) is 13.2. The predicted octanol–water partition coefficient (Wildman–Crippen LogP) is 1.65. The van der Waals surface area contributed by atoms with Gasteiger partial charge in [0.2, 0.25) is 0 Å². The van der Waals surface area contributed by atoms with Crippen molar-refractivity contribution in [1.29, 1.82) is 0 Å². The Bertz CT molecular complexity index is 420. The number of nitrogens with one attached hydrogen (secondary N) is 1. The second-order valence-corrected chi connectivity index (χ2v) is 4.54. The molecule has 1 aromatic heterocycles. The van der Waals surface area contributed by atoms with Crippen molar-refractivity contribution in [1.82, 2.24) is 5.32 Å². The van der Waals surface area contributed by atoms with E-state index in [4.69, 9.17) is 5.11 Å². The number of thiophene rings is 1. The monoisotopic (exact) mass is 225 g/mol. The Balaban J connectivity index is 2.20. The fourth-order valence-corrected chi connectivity index (χ4v) is 2.30. The lowest BCUT2D eigenvalue weighted by molar-refractivity contribution is 0.0696. The Kier molecular flexibility index (Phi) is 2.48. The summed E-state index contributed by atoms with van der Waals surface area (Å²) in [6, 6.07) is 0.298. The average molecular weight is 225 g/mol. The standard InChI is InChI=1S/C10H11NO3S/c1-5-7(10(13)14)4-15-8(5)9(12)11-6-2-3-6/h4,6H,2-3H2,1H3,(H,11,12)(H,13,14). The third-order valence-electron chi connectivity index (χ3n) is 2.39. The zero-order valence-electron chi connectivity index (χ0n) is 8.24.